The van der Waals surface area contributed by atoms with E-state index in [9.17, 15) is 4.79 Å². The number of H-pyrrole nitrogens is 1. The first kappa shape index (κ1) is 18.4. The largest absolute Gasteiger partial charge is 0.342 e. The highest BCUT2D eigenvalue weighted by Crippen LogP contribution is 2.40. The van der Waals surface area contributed by atoms with Crippen molar-refractivity contribution < 1.29 is 4.79 Å². The second-order valence-corrected chi connectivity index (χ2v) is 9.54. The second-order valence-electron chi connectivity index (χ2n) is 9.54. The van der Waals surface area contributed by atoms with Crippen molar-refractivity contribution >= 4 is 16.9 Å². The maximum absolute atomic E-state index is 13.5. The Kier molecular flexibility index (Phi) is 4.26. The van der Waals surface area contributed by atoms with Gasteiger partial charge in [0.05, 0.1) is 22.3 Å². The second kappa shape index (κ2) is 6.71. The van der Waals surface area contributed by atoms with Crippen molar-refractivity contribution in [2.75, 3.05) is 13.1 Å². The summed E-state index contributed by atoms with van der Waals surface area (Å²) in [5.41, 5.74) is 3.64. The van der Waals surface area contributed by atoms with Gasteiger partial charge in [-0.05, 0) is 64.7 Å². The molecule has 1 aliphatic carbocycles. The first-order chi connectivity index (χ1) is 13.9. The molecule has 0 bridgehead atoms. The molecule has 1 aromatic carbocycles. The summed E-state index contributed by atoms with van der Waals surface area (Å²) in [5, 5.41) is 4.82. The van der Waals surface area contributed by atoms with Gasteiger partial charge < -0.3 is 9.88 Å². The Labute approximate surface area is 171 Å². The number of fused-ring (bicyclic) bond motifs is 1. The summed E-state index contributed by atoms with van der Waals surface area (Å²) in [5.74, 6) is 1.87. The van der Waals surface area contributed by atoms with Crippen LogP contribution in [0, 0.1) is 0 Å². The highest BCUT2D eigenvalue weighted by Gasteiger charge is 2.34. The van der Waals surface area contributed by atoms with Crippen molar-refractivity contribution in [3.8, 4) is 0 Å². The van der Waals surface area contributed by atoms with Crippen LogP contribution in [-0.2, 0) is 5.54 Å². The SMILES string of the molecule is CC(C)(C)n1nc(C2CC2)cc1C(=O)N1CCCC(c2nc3ccccc3[nH]2)C1. The van der Waals surface area contributed by atoms with Crippen molar-refractivity contribution in [2.45, 2.75) is 63.8 Å². The van der Waals surface area contributed by atoms with Gasteiger partial charge in [0.15, 0.2) is 0 Å². The molecule has 1 unspecified atom stereocenters. The summed E-state index contributed by atoms with van der Waals surface area (Å²) in [7, 11) is 0. The Bertz CT molecular complexity index is 1020. The van der Waals surface area contributed by atoms with Crippen LogP contribution >= 0.6 is 0 Å². The Balaban J connectivity index is 1.41. The van der Waals surface area contributed by atoms with E-state index < -0.39 is 0 Å². The Hall–Kier alpha value is -2.63. The number of benzene rings is 1. The van der Waals surface area contributed by atoms with Crippen molar-refractivity contribution in [3.05, 3.63) is 47.5 Å². The van der Waals surface area contributed by atoms with E-state index in [1.54, 1.807) is 0 Å². The van der Waals surface area contributed by atoms with Gasteiger partial charge in [-0.15, -0.1) is 0 Å². The number of amides is 1. The Morgan fingerprint density at radius 1 is 1.14 bits per heavy atom. The third kappa shape index (κ3) is 3.45. The zero-order chi connectivity index (χ0) is 20.2. The van der Waals surface area contributed by atoms with E-state index >= 15 is 0 Å². The minimum Gasteiger partial charge on any atom is -0.342 e. The van der Waals surface area contributed by atoms with Crippen LogP contribution in [0.2, 0.25) is 0 Å². The number of imidazole rings is 1. The summed E-state index contributed by atoms with van der Waals surface area (Å²) in [6.45, 7) is 7.83. The van der Waals surface area contributed by atoms with Crippen molar-refractivity contribution in [2.24, 2.45) is 0 Å². The van der Waals surface area contributed by atoms with Gasteiger partial charge in [-0.1, -0.05) is 12.1 Å². The Morgan fingerprint density at radius 2 is 1.93 bits per heavy atom. The van der Waals surface area contributed by atoms with E-state index in [2.05, 4.69) is 31.8 Å². The summed E-state index contributed by atoms with van der Waals surface area (Å²) < 4.78 is 1.94. The molecule has 1 saturated heterocycles. The lowest BCUT2D eigenvalue weighted by Gasteiger charge is -2.33. The Morgan fingerprint density at radius 3 is 2.66 bits per heavy atom. The lowest BCUT2D eigenvalue weighted by atomic mass is 9.97. The van der Waals surface area contributed by atoms with Gasteiger partial charge in [0.25, 0.3) is 5.91 Å². The van der Waals surface area contributed by atoms with E-state index in [0.717, 1.165) is 47.6 Å². The third-order valence-electron chi connectivity index (χ3n) is 6.08. The highest BCUT2D eigenvalue weighted by molar-refractivity contribution is 5.93. The number of aromatic nitrogens is 4. The number of aromatic amines is 1. The van der Waals surface area contributed by atoms with Crippen LogP contribution in [0.5, 0.6) is 0 Å². The zero-order valence-electron chi connectivity index (χ0n) is 17.5. The minimum atomic E-state index is -0.216. The summed E-state index contributed by atoms with van der Waals surface area (Å²) >= 11 is 0. The molecule has 0 radical (unpaired) electrons. The average Bonchev–Trinajstić information content (AvgIpc) is 3.29. The van der Waals surface area contributed by atoms with Crippen molar-refractivity contribution in [3.63, 3.8) is 0 Å². The molecule has 0 spiro atoms. The predicted molar refractivity (Wildman–Crippen MR) is 113 cm³/mol. The summed E-state index contributed by atoms with van der Waals surface area (Å²) in [6.07, 6.45) is 4.42. The van der Waals surface area contributed by atoms with Crippen LogP contribution in [0.25, 0.3) is 11.0 Å². The topological polar surface area (TPSA) is 66.8 Å². The molecule has 5 rings (SSSR count). The lowest BCUT2D eigenvalue weighted by Crippen LogP contribution is -2.41. The van der Waals surface area contributed by atoms with Gasteiger partial charge in [-0.2, -0.15) is 5.10 Å². The highest BCUT2D eigenvalue weighted by atomic mass is 16.2. The number of hydrogen-bond acceptors (Lipinski definition) is 3. The van der Waals surface area contributed by atoms with Gasteiger partial charge in [-0.3, -0.25) is 9.48 Å². The van der Waals surface area contributed by atoms with Crippen LogP contribution in [-0.4, -0.2) is 43.6 Å². The lowest BCUT2D eigenvalue weighted by molar-refractivity contribution is 0.0684. The molecule has 3 aromatic rings. The minimum absolute atomic E-state index is 0.0973. The average molecular weight is 392 g/mol. The monoisotopic (exact) mass is 391 g/mol. The molecule has 6 nitrogen and oxygen atoms in total. The van der Waals surface area contributed by atoms with E-state index in [-0.39, 0.29) is 17.4 Å². The standard InChI is InChI=1S/C23H29N5O/c1-23(2,3)28-20(13-19(26-28)15-10-11-15)22(29)27-12-6-7-16(14-27)21-24-17-8-4-5-9-18(17)25-21/h4-5,8-9,13,15-16H,6-7,10-12,14H2,1-3H3,(H,24,25). The van der Waals surface area contributed by atoms with Gasteiger partial charge in [0.1, 0.15) is 11.5 Å². The molecule has 2 aromatic heterocycles. The van der Waals surface area contributed by atoms with E-state index in [4.69, 9.17) is 10.1 Å². The molecule has 1 amide bonds. The molecule has 152 valence electrons. The van der Waals surface area contributed by atoms with E-state index in [1.807, 2.05) is 33.8 Å². The van der Waals surface area contributed by atoms with Crippen molar-refractivity contribution in [1.82, 2.24) is 24.6 Å². The van der Waals surface area contributed by atoms with E-state index in [0.29, 0.717) is 12.5 Å². The number of piperidine rings is 1. The normalized spacial score (nSPS) is 20.4. The van der Waals surface area contributed by atoms with E-state index in [1.165, 1.54) is 12.8 Å². The number of carbonyl (C=O) groups excluding carboxylic acids is 1. The molecule has 1 aliphatic heterocycles. The number of rotatable bonds is 3. The zero-order valence-corrected chi connectivity index (χ0v) is 17.5. The molecule has 29 heavy (non-hydrogen) atoms. The number of hydrogen-bond donors (Lipinski definition) is 1. The molecule has 2 fully saturated rings. The fourth-order valence-electron chi connectivity index (χ4n) is 4.35. The molecule has 2 aliphatic rings. The van der Waals surface area contributed by atoms with Gasteiger partial charge in [-0.25, -0.2) is 4.98 Å². The fraction of sp³-hybridized carbons (Fsp3) is 0.522. The van der Waals surface area contributed by atoms with Gasteiger partial charge in [0, 0.05) is 24.9 Å². The first-order valence-corrected chi connectivity index (χ1v) is 10.7. The van der Waals surface area contributed by atoms with Crippen LogP contribution in [0.1, 0.15) is 80.3 Å². The van der Waals surface area contributed by atoms with Crippen LogP contribution in [0.15, 0.2) is 30.3 Å². The number of nitrogens with zero attached hydrogens (tertiary/aromatic N) is 4. The fourth-order valence-corrected chi connectivity index (χ4v) is 4.35. The maximum atomic E-state index is 13.5. The molecule has 1 atom stereocenters. The van der Waals surface area contributed by atoms with Gasteiger partial charge in [0.2, 0.25) is 0 Å². The van der Waals surface area contributed by atoms with Crippen LogP contribution in [0.3, 0.4) is 0 Å². The molecule has 1 N–H and O–H groups in total. The quantitative estimate of drug-likeness (QED) is 0.719. The molecule has 1 saturated carbocycles. The third-order valence-corrected chi connectivity index (χ3v) is 6.08. The van der Waals surface area contributed by atoms with Crippen LogP contribution in [0.4, 0.5) is 0 Å². The number of likely N-dealkylation sites (tertiary alicyclic amines) is 1. The van der Waals surface area contributed by atoms with Crippen molar-refractivity contribution in [1.29, 1.82) is 0 Å². The number of para-hydroxylation sites is 2. The first-order valence-electron chi connectivity index (χ1n) is 10.7. The molecular weight excluding hydrogens is 362 g/mol. The molecule has 3 heterocycles. The smallest absolute Gasteiger partial charge is 0.272 e. The van der Waals surface area contributed by atoms with Gasteiger partial charge >= 0.3 is 0 Å². The van der Waals surface area contributed by atoms with Crippen LogP contribution < -0.4 is 0 Å². The molecule has 6 heteroatoms. The maximum Gasteiger partial charge on any atom is 0.272 e. The summed E-state index contributed by atoms with van der Waals surface area (Å²) in [6, 6.07) is 10.2. The summed E-state index contributed by atoms with van der Waals surface area (Å²) in [4.78, 5) is 23.7. The number of nitrogens with one attached hydrogen (secondary N) is 1. The predicted octanol–water partition coefficient (Wildman–Crippen LogP) is 4.41. The number of carbonyl (C=O) groups is 1. The molecular formula is C23H29N5O.